The SMILES string of the molecule is CC(=O)N1C[C@H]2CNC[C@@]2(C(=O)NCCc2nc3c(C)cccc3[nH]2)C1. The maximum atomic E-state index is 12.9. The Morgan fingerprint density at radius 1 is 1.42 bits per heavy atom. The number of aromatic nitrogens is 2. The third kappa shape index (κ3) is 2.76. The second kappa shape index (κ2) is 6.39. The van der Waals surface area contributed by atoms with Crippen molar-refractivity contribution in [3.05, 3.63) is 29.6 Å². The van der Waals surface area contributed by atoms with Gasteiger partial charge in [-0.2, -0.15) is 0 Å². The first-order valence-electron chi connectivity index (χ1n) is 9.18. The quantitative estimate of drug-likeness (QED) is 0.749. The van der Waals surface area contributed by atoms with E-state index in [4.69, 9.17) is 0 Å². The Bertz CT molecular complexity index is 861. The zero-order valence-electron chi connectivity index (χ0n) is 15.3. The molecule has 0 aliphatic carbocycles. The van der Waals surface area contributed by atoms with Crippen LogP contribution in [0.5, 0.6) is 0 Å². The van der Waals surface area contributed by atoms with E-state index in [0.717, 1.165) is 29.0 Å². The molecule has 2 fully saturated rings. The maximum absolute atomic E-state index is 12.9. The van der Waals surface area contributed by atoms with Crippen molar-refractivity contribution in [2.45, 2.75) is 20.3 Å². The van der Waals surface area contributed by atoms with Crippen LogP contribution < -0.4 is 10.6 Å². The maximum Gasteiger partial charge on any atom is 0.229 e. The molecule has 2 amide bonds. The summed E-state index contributed by atoms with van der Waals surface area (Å²) < 4.78 is 0. The summed E-state index contributed by atoms with van der Waals surface area (Å²) in [5.74, 6) is 1.16. The Morgan fingerprint density at radius 3 is 3.04 bits per heavy atom. The molecule has 0 saturated carbocycles. The number of aryl methyl sites for hydroxylation is 1. The number of likely N-dealkylation sites (tertiary alicyclic amines) is 1. The number of nitrogens with zero attached hydrogens (tertiary/aromatic N) is 2. The lowest BCUT2D eigenvalue weighted by molar-refractivity contribution is -0.132. The summed E-state index contributed by atoms with van der Waals surface area (Å²) in [6.07, 6.45) is 0.657. The zero-order valence-corrected chi connectivity index (χ0v) is 15.3. The average molecular weight is 355 g/mol. The van der Waals surface area contributed by atoms with Gasteiger partial charge in [-0.05, 0) is 18.6 Å². The number of benzene rings is 1. The molecule has 0 spiro atoms. The topological polar surface area (TPSA) is 90.1 Å². The van der Waals surface area contributed by atoms with Crippen molar-refractivity contribution in [1.82, 2.24) is 25.5 Å². The highest BCUT2D eigenvalue weighted by Gasteiger charge is 2.55. The van der Waals surface area contributed by atoms with Crippen LogP contribution in [0.4, 0.5) is 0 Å². The number of hydrogen-bond acceptors (Lipinski definition) is 4. The summed E-state index contributed by atoms with van der Waals surface area (Å²) >= 11 is 0. The van der Waals surface area contributed by atoms with E-state index in [2.05, 4.69) is 20.6 Å². The molecule has 2 atom stereocenters. The molecule has 0 unspecified atom stereocenters. The van der Waals surface area contributed by atoms with Gasteiger partial charge in [-0.25, -0.2) is 4.98 Å². The van der Waals surface area contributed by atoms with Gasteiger partial charge in [-0.1, -0.05) is 12.1 Å². The number of nitrogens with one attached hydrogen (secondary N) is 3. The molecule has 2 aliphatic rings. The van der Waals surface area contributed by atoms with Crippen molar-refractivity contribution >= 4 is 22.8 Å². The number of H-pyrrole nitrogens is 1. The molecule has 0 radical (unpaired) electrons. The Kier molecular flexibility index (Phi) is 4.19. The molecular formula is C19H25N5O2. The predicted octanol–water partition coefficient (Wildman–Crippen LogP) is 0.598. The molecule has 3 heterocycles. The summed E-state index contributed by atoms with van der Waals surface area (Å²) in [5, 5.41) is 6.40. The highest BCUT2D eigenvalue weighted by molar-refractivity contribution is 5.86. The summed E-state index contributed by atoms with van der Waals surface area (Å²) in [6.45, 7) is 6.75. The number of amides is 2. The van der Waals surface area contributed by atoms with Crippen molar-refractivity contribution in [1.29, 1.82) is 0 Å². The van der Waals surface area contributed by atoms with Gasteiger partial charge in [0.1, 0.15) is 5.82 Å². The molecule has 7 nitrogen and oxygen atoms in total. The highest BCUT2D eigenvalue weighted by atomic mass is 16.2. The van der Waals surface area contributed by atoms with Gasteiger partial charge >= 0.3 is 0 Å². The molecule has 1 aromatic heterocycles. The highest BCUT2D eigenvalue weighted by Crippen LogP contribution is 2.39. The van der Waals surface area contributed by atoms with Crippen LogP contribution >= 0.6 is 0 Å². The minimum absolute atomic E-state index is 0.0449. The van der Waals surface area contributed by atoms with Crippen molar-refractivity contribution < 1.29 is 9.59 Å². The van der Waals surface area contributed by atoms with E-state index >= 15 is 0 Å². The smallest absolute Gasteiger partial charge is 0.229 e. The Hall–Kier alpha value is -2.41. The second-order valence-corrected chi connectivity index (χ2v) is 7.54. The fourth-order valence-corrected chi connectivity index (χ4v) is 4.30. The van der Waals surface area contributed by atoms with Crippen LogP contribution in [0.15, 0.2) is 18.2 Å². The summed E-state index contributed by atoms with van der Waals surface area (Å²) in [7, 11) is 0. The van der Waals surface area contributed by atoms with Crippen molar-refractivity contribution in [2.75, 3.05) is 32.7 Å². The van der Waals surface area contributed by atoms with E-state index < -0.39 is 5.41 Å². The number of hydrogen-bond donors (Lipinski definition) is 3. The van der Waals surface area contributed by atoms with Gasteiger partial charge in [0.2, 0.25) is 11.8 Å². The van der Waals surface area contributed by atoms with Crippen LogP contribution in [-0.4, -0.2) is 59.4 Å². The lowest BCUT2D eigenvalue weighted by Crippen LogP contribution is -2.48. The first-order chi connectivity index (χ1) is 12.5. The lowest BCUT2D eigenvalue weighted by atomic mass is 9.80. The van der Waals surface area contributed by atoms with Crippen LogP contribution in [0.1, 0.15) is 18.3 Å². The molecule has 4 rings (SSSR count). The van der Waals surface area contributed by atoms with Gasteiger partial charge in [0.15, 0.2) is 0 Å². The van der Waals surface area contributed by atoms with Crippen LogP contribution in [0, 0.1) is 18.3 Å². The predicted molar refractivity (Wildman–Crippen MR) is 98.6 cm³/mol. The van der Waals surface area contributed by atoms with Crippen LogP contribution in [0.2, 0.25) is 0 Å². The number of fused-ring (bicyclic) bond motifs is 2. The van der Waals surface area contributed by atoms with Gasteiger partial charge in [0, 0.05) is 52.0 Å². The minimum Gasteiger partial charge on any atom is -0.355 e. The van der Waals surface area contributed by atoms with E-state index in [9.17, 15) is 9.59 Å². The number of imidazole rings is 1. The van der Waals surface area contributed by atoms with Crippen LogP contribution in [-0.2, 0) is 16.0 Å². The summed E-state index contributed by atoms with van der Waals surface area (Å²) in [4.78, 5) is 34.4. The Labute approximate surface area is 152 Å². The van der Waals surface area contributed by atoms with Gasteiger partial charge in [0.05, 0.1) is 16.4 Å². The fourth-order valence-electron chi connectivity index (χ4n) is 4.30. The number of aromatic amines is 1. The van der Waals surface area contributed by atoms with Gasteiger partial charge in [-0.3, -0.25) is 9.59 Å². The Balaban J connectivity index is 1.40. The number of rotatable bonds is 4. The molecule has 7 heteroatoms. The monoisotopic (exact) mass is 355 g/mol. The minimum atomic E-state index is -0.490. The first kappa shape index (κ1) is 17.0. The molecule has 0 bridgehead atoms. The lowest BCUT2D eigenvalue weighted by Gasteiger charge is -2.26. The van der Waals surface area contributed by atoms with Crippen LogP contribution in [0.25, 0.3) is 11.0 Å². The molecule has 2 aliphatic heterocycles. The van der Waals surface area contributed by atoms with E-state index in [0.29, 0.717) is 32.6 Å². The number of carbonyl (C=O) groups excluding carboxylic acids is 2. The average Bonchev–Trinajstić information content (AvgIpc) is 3.26. The van der Waals surface area contributed by atoms with E-state index in [-0.39, 0.29) is 17.7 Å². The summed E-state index contributed by atoms with van der Waals surface area (Å²) in [5.41, 5.74) is 2.66. The molecule has 138 valence electrons. The third-order valence-corrected chi connectivity index (χ3v) is 5.83. The first-order valence-corrected chi connectivity index (χ1v) is 9.18. The van der Waals surface area contributed by atoms with Gasteiger partial charge in [-0.15, -0.1) is 0 Å². The molecule has 2 aromatic rings. The number of para-hydroxylation sites is 1. The van der Waals surface area contributed by atoms with Crippen molar-refractivity contribution in [2.24, 2.45) is 11.3 Å². The van der Waals surface area contributed by atoms with E-state index in [1.807, 2.05) is 25.1 Å². The normalized spacial score (nSPS) is 24.8. The molecule has 1 aromatic carbocycles. The standard InChI is InChI=1S/C19H25N5O2/c1-12-4-3-5-15-17(12)23-16(22-15)6-7-21-18(26)19-10-20-8-14(19)9-24(11-19)13(2)25/h3-5,14,20H,6-11H2,1-2H3,(H,21,26)(H,22,23)/t14-,19-/m1/s1. The number of carbonyl (C=O) groups is 2. The second-order valence-electron chi connectivity index (χ2n) is 7.54. The van der Waals surface area contributed by atoms with Gasteiger partial charge < -0.3 is 20.5 Å². The molecular weight excluding hydrogens is 330 g/mol. The fraction of sp³-hybridized carbons (Fsp3) is 0.526. The molecule has 2 saturated heterocycles. The molecule has 3 N–H and O–H groups in total. The molecule has 26 heavy (non-hydrogen) atoms. The third-order valence-electron chi connectivity index (χ3n) is 5.83. The van der Waals surface area contributed by atoms with Gasteiger partial charge in [0.25, 0.3) is 0 Å². The van der Waals surface area contributed by atoms with E-state index in [1.54, 1.807) is 11.8 Å². The Morgan fingerprint density at radius 2 is 2.27 bits per heavy atom. The van der Waals surface area contributed by atoms with E-state index in [1.165, 1.54) is 0 Å². The summed E-state index contributed by atoms with van der Waals surface area (Å²) in [6, 6.07) is 6.07. The van der Waals surface area contributed by atoms with Crippen molar-refractivity contribution in [3.8, 4) is 0 Å². The van der Waals surface area contributed by atoms with Crippen molar-refractivity contribution in [3.63, 3.8) is 0 Å². The zero-order chi connectivity index (χ0) is 18.3. The largest absolute Gasteiger partial charge is 0.355 e. The van der Waals surface area contributed by atoms with Crippen LogP contribution in [0.3, 0.4) is 0 Å².